The van der Waals surface area contributed by atoms with Gasteiger partial charge in [-0.25, -0.2) is 0 Å². The number of ether oxygens (including phenoxy) is 2. The molecule has 2 saturated heterocycles. The zero-order valence-electron chi connectivity index (χ0n) is 16.4. The van der Waals surface area contributed by atoms with Crippen LogP contribution < -0.4 is 11.2 Å². The van der Waals surface area contributed by atoms with E-state index >= 15 is 0 Å². The van der Waals surface area contributed by atoms with E-state index in [1.807, 2.05) is 0 Å². The molecule has 0 saturated carbocycles. The Morgan fingerprint density at radius 2 is 1.93 bits per heavy atom. The van der Waals surface area contributed by atoms with Crippen LogP contribution in [0.1, 0.15) is 31.3 Å². The van der Waals surface area contributed by atoms with Crippen molar-refractivity contribution in [3.63, 3.8) is 0 Å². The van der Waals surface area contributed by atoms with Gasteiger partial charge >= 0.3 is 171 Å². The summed E-state index contributed by atoms with van der Waals surface area (Å²) in [6, 6.07) is 0. The molecular weight excluding hydrogens is 451 g/mol. The van der Waals surface area contributed by atoms with E-state index in [2.05, 4.69) is 38.8 Å². The molecule has 1 aromatic heterocycles. The number of fused-ring (bicyclic) bond motifs is 1. The van der Waals surface area contributed by atoms with Crippen molar-refractivity contribution in [2.45, 2.75) is 67.8 Å². The number of hydrogen-bond acceptors (Lipinski definition) is 6. The second-order valence-electron chi connectivity index (χ2n) is 8.53. The molecule has 1 aromatic rings. The average molecular weight is 478 g/mol. The molecule has 0 amide bonds. The Labute approximate surface area is 171 Å². The molecule has 3 heterocycles. The van der Waals surface area contributed by atoms with Gasteiger partial charge in [0.05, 0.1) is 0 Å². The number of hydrogen-bond donors (Lipinski definition) is 1. The van der Waals surface area contributed by atoms with Crippen molar-refractivity contribution in [3.8, 4) is 0 Å². The number of rotatable bonds is 4. The minimum atomic E-state index is -1.90. The summed E-state index contributed by atoms with van der Waals surface area (Å²) in [5.74, 6) is 0. The predicted octanol–water partition coefficient (Wildman–Crippen LogP) is 1.94. The molecular formula is C17H26N2O5SSeSi. The molecule has 0 spiro atoms. The van der Waals surface area contributed by atoms with Crippen molar-refractivity contribution in [1.29, 1.82) is 0 Å². The van der Waals surface area contributed by atoms with Gasteiger partial charge in [0, 0.05) is 0 Å². The first-order valence-corrected chi connectivity index (χ1v) is 14.2. The molecule has 0 radical (unpaired) electrons. The summed E-state index contributed by atoms with van der Waals surface area (Å²) in [5, 5.41) is 0.240. The molecule has 27 heavy (non-hydrogen) atoms. The van der Waals surface area contributed by atoms with E-state index in [0.29, 0.717) is 12.2 Å². The summed E-state index contributed by atoms with van der Waals surface area (Å²) in [6.07, 6.45) is 1.06. The fraction of sp³-hybridized carbons (Fsp3) is 0.706. The Kier molecular flexibility index (Phi) is 5.50. The molecule has 0 aliphatic carbocycles. The zero-order valence-corrected chi connectivity index (χ0v) is 19.9. The fourth-order valence-corrected chi connectivity index (χ4v) is 7.58. The molecule has 2 fully saturated rings. The quantitative estimate of drug-likeness (QED) is 0.527. The summed E-state index contributed by atoms with van der Waals surface area (Å²) in [6.45, 7) is 13.3. The maximum absolute atomic E-state index is 12.4. The van der Waals surface area contributed by atoms with Crippen LogP contribution in [0.5, 0.6) is 0 Å². The minimum absolute atomic E-state index is 0.0117. The number of nitrogens with zero attached hydrogens (tertiary/aromatic N) is 1. The van der Waals surface area contributed by atoms with E-state index < -0.39 is 14.0 Å². The molecule has 2 aliphatic heterocycles. The third-order valence-corrected chi connectivity index (χ3v) is 13.5. The van der Waals surface area contributed by atoms with Crippen LogP contribution in [0.25, 0.3) is 0 Å². The fourth-order valence-electron chi connectivity index (χ4n) is 2.87. The Hall–Kier alpha value is -0.934. The third kappa shape index (κ3) is 3.96. The van der Waals surface area contributed by atoms with Gasteiger partial charge in [0.25, 0.3) is 0 Å². The predicted molar refractivity (Wildman–Crippen MR) is 110 cm³/mol. The molecule has 1 N–H and O–H groups in total. The normalized spacial score (nSPS) is 28.0. The molecule has 3 rings (SSSR count). The van der Waals surface area contributed by atoms with Crippen LogP contribution in [0.2, 0.25) is 22.9 Å². The average Bonchev–Trinajstić information content (AvgIpc) is 3.06. The van der Waals surface area contributed by atoms with Crippen LogP contribution in [0.4, 0.5) is 0 Å². The summed E-state index contributed by atoms with van der Waals surface area (Å²) >= 11 is 5.10. The van der Waals surface area contributed by atoms with Crippen molar-refractivity contribution in [2.24, 2.45) is 0 Å². The number of aryl methyl sites for hydroxylation is 1. The number of aromatic nitrogens is 2. The molecule has 2 aliphatic rings. The number of aromatic amines is 1. The molecule has 2 unspecified atom stereocenters. The van der Waals surface area contributed by atoms with Gasteiger partial charge in [0.1, 0.15) is 0 Å². The zero-order chi connectivity index (χ0) is 20.1. The van der Waals surface area contributed by atoms with Gasteiger partial charge in [-0.2, -0.15) is 0 Å². The standard InChI is InChI=1S/C17H26N2O5SSeSi/c1-9-7-19(15(21)18-13(9)20)14-12-11(23-16(25)24-12)10(26-14)8-22-27(5,6)17(2,3)4/h7,10-12,14H,8H2,1-6H3,(H,18,20,21)/t10-,11?,12?,14-/m1/s1. The second-order valence-corrected chi connectivity index (χ2v) is 16.5. The maximum atomic E-state index is 12.4. The van der Waals surface area contributed by atoms with E-state index in [0.717, 1.165) is 0 Å². The molecule has 10 heteroatoms. The number of nitrogens with one attached hydrogen (secondary N) is 1. The van der Waals surface area contributed by atoms with Crippen molar-refractivity contribution in [3.05, 3.63) is 32.6 Å². The van der Waals surface area contributed by atoms with Gasteiger partial charge in [-0.15, -0.1) is 0 Å². The molecule has 7 nitrogen and oxygen atoms in total. The monoisotopic (exact) mass is 478 g/mol. The summed E-state index contributed by atoms with van der Waals surface area (Å²) < 4.78 is 19.5. The topological polar surface area (TPSA) is 82.6 Å². The number of H-pyrrole nitrogens is 1. The number of thiocarbonyl (C=S) groups is 1. The first-order chi connectivity index (χ1) is 12.4. The Bertz CT molecular complexity index is 862. The van der Waals surface area contributed by atoms with Crippen LogP contribution in [0.15, 0.2) is 15.8 Å². The van der Waals surface area contributed by atoms with Gasteiger partial charge < -0.3 is 0 Å². The van der Waals surface area contributed by atoms with E-state index in [1.165, 1.54) is 0 Å². The van der Waals surface area contributed by atoms with Crippen LogP contribution >= 0.6 is 12.2 Å². The Morgan fingerprint density at radius 3 is 2.56 bits per heavy atom. The summed E-state index contributed by atoms with van der Waals surface area (Å²) in [5.41, 5.74) is -0.303. The van der Waals surface area contributed by atoms with Crippen LogP contribution in [0.3, 0.4) is 0 Å². The summed E-state index contributed by atoms with van der Waals surface area (Å²) in [4.78, 5) is 26.4. The van der Waals surface area contributed by atoms with Gasteiger partial charge in [0.15, 0.2) is 0 Å². The van der Waals surface area contributed by atoms with Gasteiger partial charge in [-0.3, -0.25) is 0 Å². The third-order valence-electron chi connectivity index (χ3n) is 5.58. The SMILES string of the molecule is Cc1cn([C@@H]2[Se][C@H](CO[Si](C)(C)C(C)(C)C)C3OC(=S)OC32)c(=O)[nH]c1=O. The van der Waals surface area contributed by atoms with E-state index in [-0.39, 0.29) is 52.8 Å². The Morgan fingerprint density at radius 1 is 1.30 bits per heavy atom. The van der Waals surface area contributed by atoms with E-state index in [9.17, 15) is 9.59 Å². The van der Waals surface area contributed by atoms with Gasteiger partial charge in [0.2, 0.25) is 0 Å². The van der Waals surface area contributed by atoms with E-state index in [1.54, 1.807) is 17.7 Å². The first-order valence-electron chi connectivity index (χ1n) is 8.89. The van der Waals surface area contributed by atoms with Crippen LogP contribution in [-0.4, -0.2) is 56.9 Å². The Balaban J connectivity index is 1.85. The molecule has 0 aromatic carbocycles. The van der Waals surface area contributed by atoms with Crippen molar-refractivity contribution in [1.82, 2.24) is 9.55 Å². The van der Waals surface area contributed by atoms with Crippen molar-refractivity contribution >= 4 is 40.7 Å². The van der Waals surface area contributed by atoms with Gasteiger partial charge in [-0.05, 0) is 0 Å². The van der Waals surface area contributed by atoms with Gasteiger partial charge in [-0.1, -0.05) is 0 Å². The van der Waals surface area contributed by atoms with Crippen LogP contribution in [0, 0.1) is 6.92 Å². The molecule has 4 atom stereocenters. The van der Waals surface area contributed by atoms with Crippen molar-refractivity contribution < 1.29 is 13.9 Å². The molecule has 150 valence electrons. The molecule has 0 bridgehead atoms. The van der Waals surface area contributed by atoms with E-state index in [4.69, 9.17) is 26.1 Å². The summed E-state index contributed by atoms with van der Waals surface area (Å²) in [7, 11) is -1.90. The van der Waals surface area contributed by atoms with Crippen LogP contribution in [-0.2, 0) is 13.9 Å². The first kappa shape index (κ1) is 20.8. The van der Waals surface area contributed by atoms with Crippen molar-refractivity contribution in [2.75, 3.05) is 6.61 Å². The second kappa shape index (κ2) is 7.15.